The molecule has 0 radical (unpaired) electrons. The lowest BCUT2D eigenvalue weighted by Crippen LogP contribution is -2.40. The molecule has 2 rings (SSSR count). The Balaban J connectivity index is 2.21. The minimum Gasteiger partial charge on any atom is -0.490 e. The summed E-state index contributed by atoms with van der Waals surface area (Å²) in [5.41, 5.74) is 0. The Morgan fingerprint density at radius 1 is 1.40 bits per heavy atom. The van der Waals surface area contributed by atoms with Crippen LogP contribution in [0.4, 0.5) is 11.6 Å². The predicted octanol–water partition coefficient (Wildman–Crippen LogP) is 1.92. The summed E-state index contributed by atoms with van der Waals surface area (Å²) in [4.78, 5) is 10.9. The Kier molecular flexibility index (Phi) is 5.40. The van der Waals surface area contributed by atoms with Crippen molar-refractivity contribution in [3.8, 4) is 5.75 Å². The van der Waals surface area contributed by atoms with E-state index in [2.05, 4.69) is 27.1 Å². The highest BCUT2D eigenvalue weighted by Crippen LogP contribution is 2.33. The van der Waals surface area contributed by atoms with Crippen LogP contribution < -0.4 is 15.0 Å². The second-order valence-corrected chi connectivity index (χ2v) is 4.95. The van der Waals surface area contributed by atoms with E-state index in [9.17, 15) is 0 Å². The highest BCUT2D eigenvalue weighted by molar-refractivity contribution is 5.64. The topological polar surface area (TPSA) is 59.5 Å². The zero-order chi connectivity index (χ0) is 14.4. The summed E-state index contributed by atoms with van der Waals surface area (Å²) in [5.74, 6) is 2.33. The molecule has 1 unspecified atom stereocenters. The molecule has 6 nitrogen and oxygen atoms in total. The van der Waals surface area contributed by atoms with Gasteiger partial charge >= 0.3 is 0 Å². The minimum absolute atomic E-state index is 0.260. The van der Waals surface area contributed by atoms with E-state index in [1.54, 1.807) is 20.5 Å². The molecule has 1 aromatic rings. The van der Waals surface area contributed by atoms with Crippen molar-refractivity contribution in [2.24, 2.45) is 0 Å². The fourth-order valence-corrected chi connectivity index (χ4v) is 2.47. The zero-order valence-electron chi connectivity index (χ0n) is 12.6. The summed E-state index contributed by atoms with van der Waals surface area (Å²) in [5, 5.41) is 3.28. The first kappa shape index (κ1) is 14.8. The molecule has 1 aliphatic heterocycles. The molecule has 6 heteroatoms. The first-order chi connectivity index (χ1) is 9.80. The molecule has 0 bridgehead atoms. The summed E-state index contributed by atoms with van der Waals surface area (Å²) in [6.45, 7) is 4.81. The second-order valence-electron chi connectivity index (χ2n) is 4.95. The van der Waals surface area contributed by atoms with Gasteiger partial charge in [-0.1, -0.05) is 6.92 Å². The van der Waals surface area contributed by atoms with Crippen LogP contribution >= 0.6 is 0 Å². The van der Waals surface area contributed by atoms with Crippen LogP contribution in [0.3, 0.4) is 0 Å². The van der Waals surface area contributed by atoms with Crippen LogP contribution in [-0.4, -0.2) is 49.9 Å². The van der Waals surface area contributed by atoms with Crippen molar-refractivity contribution in [1.29, 1.82) is 0 Å². The average molecular weight is 280 g/mol. The Morgan fingerprint density at radius 2 is 2.25 bits per heavy atom. The molecule has 0 spiro atoms. The third kappa shape index (κ3) is 3.30. The van der Waals surface area contributed by atoms with Crippen LogP contribution in [0, 0.1) is 0 Å². The van der Waals surface area contributed by atoms with Crippen molar-refractivity contribution >= 4 is 11.6 Å². The van der Waals surface area contributed by atoms with Crippen LogP contribution in [0.5, 0.6) is 5.75 Å². The summed E-state index contributed by atoms with van der Waals surface area (Å²) in [6.07, 6.45) is 5.09. The third-order valence-electron chi connectivity index (χ3n) is 3.54. The lowest BCUT2D eigenvalue weighted by Gasteiger charge is -2.33. The first-order valence-electron chi connectivity index (χ1n) is 7.20. The molecule has 0 aliphatic carbocycles. The molecular weight excluding hydrogens is 256 g/mol. The van der Waals surface area contributed by atoms with E-state index in [1.807, 2.05) is 0 Å². The highest BCUT2D eigenvalue weighted by atomic mass is 16.5. The van der Waals surface area contributed by atoms with Gasteiger partial charge in [-0.05, 0) is 19.3 Å². The SMILES string of the molecule is CCCNc1ncnc(N2CCCC(OC)C2)c1OC. The number of aromatic nitrogens is 2. The predicted molar refractivity (Wildman–Crippen MR) is 79.6 cm³/mol. The van der Waals surface area contributed by atoms with Gasteiger partial charge in [0.15, 0.2) is 11.6 Å². The van der Waals surface area contributed by atoms with Crippen molar-refractivity contribution in [3.05, 3.63) is 6.33 Å². The van der Waals surface area contributed by atoms with Gasteiger partial charge in [0.05, 0.1) is 13.2 Å². The van der Waals surface area contributed by atoms with Crippen molar-refractivity contribution in [2.75, 3.05) is 44.1 Å². The minimum atomic E-state index is 0.260. The number of hydrogen-bond donors (Lipinski definition) is 1. The Hall–Kier alpha value is -1.56. The summed E-state index contributed by atoms with van der Waals surface area (Å²) < 4.78 is 11.0. The van der Waals surface area contributed by atoms with Crippen LogP contribution in [0.2, 0.25) is 0 Å². The Morgan fingerprint density at radius 3 is 2.95 bits per heavy atom. The van der Waals surface area contributed by atoms with Gasteiger partial charge in [0.1, 0.15) is 6.33 Å². The van der Waals surface area contributed by atoms with Crippen molar-refractivity contribution in [2.45, 2.75) is 32.3 Å². The van der Waals surface area contributed by atoms with E-state index in [1.165, 1.54) is 0 Å². The maximum atomic E-state index is 5.53. The number of ether oxygens (including phenoxy) is 2. The molecule has 112 valence electrons. The number of methoxy groups -OCH3 is 2. The molecule has 1 saturated heterocycles. The largest absolute Gasteiger partial charge is 0.490 e. The number of nitrogens with one attached hydrogen (secondary N) is 1. The molecule has 1 N–H and O–H groups in total. The van der Waals surface area contributed by atoms with Gasteiger partial charge in [-0.25, -0.2) is 9.97 Å². The van der Waals surface area contributed by atoms with Crippen LogP contribution in [-0.2, 0) is 4.74 Å². The molecule has 1 aliphatic rings. The molecule has 0 amide bonds. The van der Waals surface area contributed by atoms with Crippen LogP contribution in [0.1, 0.15) is 26.2 Å². The van der Waals surface area contributed by atoms with E-state index in [-0.39, 0.29) is 6.10 Å². The van der Waals surface area contributed by atoms with Gasteiger partial charge < -0.3 is 19.7 Å². The summed E-state index contributed by atoms with van der Waals surface area (Å²) in [6, 6.07) is 0. The fourth-order valence-electron chi connectivity index (χ4n) is 2.47. The monoisotopic (exact) mass is 280 g/mol. The molecule has 1 fully saturated rings. The lowest BCUT2D eigenvalue weighted by molar-refractivity contribution is 0.0890. The summed E-state index contributed by atoms with van der Waals surface area (Å²) >= 11 is 0. The highest BCUT2D eigenvalue weighted by Gasteiger charge is 2.24. The van der Waals surface area contributed by atoms with Crippen molar-refractivity contribution in [1.82, 2.24) is 9.97 Å². The van der Waals surface area contributed by atoms with Gasteiger partial charge in [-0.15, -0.1) is 0 Å². The quantitative estimate of drug-likeness (QED) is 0.859. The number of hydrogen-bond acceptors (Lipinski definition) is 6. The normalized spacial score (nSPS) is 18.9. The zero-order valence-corrected chi connectivity index (χ0v) is 12.6. The lowest BCUT2D eigenvalue weighted by atomic mass is 10.1. The average Bonchev–Trinajstić information content (AvgIpc) is 2.52. The van der Waals surface area contributed by atoms with Crippen molar-refractivity contribution in [3.63, 3.8) is 0 Å². The number of nitrogens with zero attached hydrogens (tertiary/aromatic N) is 3. The fraction of sp³-hybridized carbons (Fsp3) is 0.714. The van der Waals surface area contributed by atoms with E-state index < -0.39 is 0 Å². The standard InChI is InChI=1S/C14H24N4O2/c1-4-7-15-13-12(20-3)14(17-10-16-13)18-8-5-6-11(9-18)19-2/h10-11H,4-9H2,1-3H3,(H,15,16,17). The molecule has 1 atom stereocenters. The molecule has 0 saturated carbocycles. The molecular formula is C14H24N4O2. The maximum absolute atomic E-state index is 5.53. The van der Waals surface area contributed by atoms with E-state index in [4.69, 9.17) is 9.47 Å². The molecule has 1 aromatic heterocycles. The number of rotatable bonds is 6. The van der Waals surface area contributed by atoms with Gasteiger partial charge in [-0.3, -0.25) is 0 Å². The van der Waals surface area contributed by atoms with Gasteiger partial charge in [0, 0.05) is 26.7 Å². The van der Waals surface area contributed by atoms with Gasteiger partial charge in [0.2, 0.25) is 5.75 Å². The van der Waals surface area contributed by atoms with E-state index in [0.717, 1.165) is 56.3 Å². The van der Waals surface area contributed by atoms with Gasteiger partial charge in [-0.2, -0.15) is 0 Å². The smallest absolute Gasteiger partial charge is 0.204 e. The Bertz CT molecular complexity index is 428. The molecule has 20 heavy (non-hydrogen) atoms. The van der Waals surface area contributed by atoms with Gasteiger partial charge in [0.25, 0.3) is 0 Å². The Labute approximate surface area is 120 Å². The number of piperidine rings is 1. The first-order valence-corrected chi connectivity index (χ1v) is 7.20. The van der Waals surface area contributed by atoms with Crippen LogP contribution in [0.15, 0.2) is 6.33 Å². The number of anilines is 2. The van der Waals surface area contributed by atoms with E-state index >= 15 is 0 Å². The van der Waals surface area contributed by atoms with Crippen LogP contribution in [0.25, 0.3) is 0 Å². The summed E-state index contributed by atoms with van der Waals surface area (Å²) in [7, 11) is 3.43. The third-order valence-corrected chi connectivity index (χ3v) is 3.54. The second kappa shape index (κ2) is 7.28. The van der Waals surface area contributed by atoms with Crippen molar-refractivity contribution < 1.29 is 9.47 Å². The molecule has 0 aromatic carbocycles. The maximum Gasteiger partial charge on any atom is 0.204 e. The van der Waals surface area contributed by atoms with E-state index in [0.29, 0.717) is 0 Å². The molecule has 2 heterocycles.